The number of carbonyl (C=O) groups is 1. The molecule has 0 bridgehead atoms. The van der Waals surface area contributed by atoms with Crippen LogP contribution < -0.4 is 16.6 Å². The predicted molar refractivity (Wildman–Crippen MR) is 113 cm³/mol. The highest BCUT2D eigenvalue weighted by Gasteiger charge is 2.26. The van der Waals surface area contributed by atoms with E-state index in [1.807, 2.05) is 30.3 Å². The van der Waals surface area contributed by atoms with Crippen LogP contribution in [-0.4, -0.2) is 20.1 Å². The van der Waals surface area contributed by atoms with E-state index in [0.29, 0.717) is 5.82 Å². The van der Waals surface area contributed by atoms with E-state index in [1.165, 1.54) is 10.8 Å². The topological polar surface area (TPSA) is 95.2 Å². The third kappa shape index (κ3) is 3.92. The van der Waals surface area contributed by atoms with Gasteiger partial charge in [0, 0.05) is 25.6 Å². The molecule has 1 aromatic carbocycles. The first kappa shape index (κ1) is 19.7. The molecule has 152 valence electrons. The minimum atomic E-state index is -0.558. The smallest absolute Gasteiger partial charge is 0.346 e. The number of rotatable bonds is 5. The molecule has 30 heavy (non-hydrogen) atoms. The van der Waals surface area contributed by atoms with Crippen molar-refractivity contribution in [2.24, 2.45) is 7.05 Å². The van der Waals surface area contributed by atoms with E-state index < -0.39 is 17.2 Å². The van der Waals surface area contributed by atoms with Crippen LogP contribution in [0, 0.1) is 0 Å². The third-order valence-corrected chi connectivity index (χ3v) is 5.64. The van der Waals surface area contributed by atoms with E-state index >= 15 is 0 Å². The summed E-state index contributed by atoms with van der Waals surface area (Å²) >= 11 is 0.993. The summed E-state index contributed by atoms with van der Waals surface area (Å²) < 4.78 is 7.85. The lowest BCUT2D eigenvalue weighted by Crippen LogP contribution is -2.41. The number of esters is 1. The van der Waals surface area contributed by atoms with Gasteiger partial charge in [-0.05, 0) is 23.3 Å². The molecule has 0 saturated heterocycles. The van der Waals surface area contributed by atoms with Crippen LogP contribution in [0.4, 0.5) is 5.82 Å². The van der Waals surface area contributed by atoms with Crippen molar-refractivity contribution in [3.05, 3.63) is 97.9 Å². The summed E-state index contributed by atoms with van der Waals surface area (Å²) in [5.41, 5.74) is 0.744. The number of anilines is 1. The van der Waals surface area contributed by atoms with Crippen molar-refractivity contribution in [2.75, 3.05) is 5.32 Å². The maximum Gasteiger partial charge on any atom is 0.346 e. The average molecular weight is 422 g/mol. The second-order valence-electron chi connectivity index (χ2n) is 6.58. The lowest BCUT2D eigenvalue weighted by atomic mass is 10.2. The summed E-state index contributed by atoms with van der Waals surface area (Å²) in [5, 5.41) is 2.89. The van der Waals surface area contributed by atoms with Crippen LogP contribution >= 0.6 is 11.8 Å². The summed E-state index contributed by atoms with van der Waals surface area (Å²) in [7, 11) is 1.58. The number of aromatic nitrogens is 3. The van der Waals surface area contributed by atoms with Crippen LogP contribution in [0.3, 0.4) is 0 Å². The molecule has 0 atom stereocenters. The quantitative estimate of drug-likeness (QED) is 0.629. The van der Waals surface area contributed by atoms with Gasteiger partial charge in [0.1, 0.15) is 22.2 Å². The van der Waals surface area contributed by atoms with Crippen LogP contribution in [0.25, 0.3) is 0 Å². The zero-order chi connectivity index (χ0) is 21.1. The van der Waals surface area contributed by atoms with E-state index in [-0.39, 0.29) is 23.0 Å². The molecule has 1 N–H and O–H groups in total. The number of hydrogen-bond acceptors (Lipinski definition) is 7. The van der Waals surface area contributed by atoms with Crippen LogP contribution in [0.5, 0.6) is 0 Å². The van der Waals surface area contributed by atoms with Crippen molar-refractivity contribution < 1.29 is 9.53 Å². The van der Waals surface area contributed by atoms with Gasteiger partial charge < -0.3 is 10.1 Å². The van der Waals surface area contributed by atoms with Gasteiger partial charge in [0.15, 0.2) is 0 Å². The van der Waals surface area contributed by atoms with Gasteiger partial charge in [-0.15, -0.1) is 0 Å². The van der Waals surface area contributed by atoms with E-state index in [1.54, 1.807) is 31.6 Å². The molecule has 2 aromatic heterocycles. The molecule has 0 amide bonds. The van der Waals surface area contributed by atoms with Crippen molar-refractivity contribution >= 4 is 23.5 Å². The molecule has 0 radical (unpaired) electrons. The van der Waals surface area contributed by atoms with Gasteiger partial charge >= 0.3 is 11.7 Å². The van der Waals surface area contributed by atoms with Gasteiger partial charge in [0.25, 0.3) is 5.56 Å². The molecule has 0 aliphatic carbocycles. The highest BCUT2D eigenvalue weighted by molar-refractivity contribution is 8.04. The van der Waals surface area contributed by atoms with Crippen molar-refractivity contribution in [1.29, 1.82) is 0 Å². The Morgan fingerprint density at radius 3 is 2.57 bits per heavy atom. The van der Waals surface area contributed by atoms with E-state index in [0.717, 1.165) is 27.5 Å². The van der Waals surface area contributed by atoms with Gasteiger partial charge in [0.05, 0.1) is 6.54 Å². The number of nitrogens with one attached hydrogen (secondary N) is 1. The highest BCUT2D eigenvalue weighted by Crippen LogP contribution is 2.34. The Bertz CT molecular complexity index is 1230. The Morgan fingerprint density at radius 2 is 1.83 bits per heavy atom. The monoisotopic (exact) mass is 422 g/mol. The summed E-state index contributed by atoms with van der Waals surface area (Å²) in [6.45, 7) is 0.239. The zero-order valence-electron chi connectivity index (χ0n) is 16.1. The molecule has 0 unspecified atom stereocenters. The first-order valence-corrected chi connectivity index (χ1v) is 9.94. The molecule has 8 nitrogen and oxygen atoms in total. The molecule has 0 fully saturated rings. The molecule has 0 saturated carbocycles. The fourth-order valence-corrected chi connectivity index (χ4v) is 3.94. The zero-order valence-corrected chi connectivity index (χ0v) is 16.9. The molecule has 9 heteroatoms. The average Bonchev–Trinajstić information content (AvgIpc) is 2.80. The number of ether oxygens (including phenoxy) is 1. The fourth-order valence-electron chi connectivity index (χ4n) is 2.97. The first-order chi connectivity index (χ1) is 14.5. The number of pyridine rings is 1. The molecular formula is C21H18N4O4S. The first-order valence-electron chi connectivity index (χ1n) is 9.13. The Hall–Kier alpha value is -3.59. The normalized spacial score (nSPS) is 12.5. The Labute approximate surface area is 175 Å². The summed E-state index contributed by atoms with van der Waals surface area (Å²) in [6, 6.07) is 12.8. The number of hydrogen-bond donors (Lipinski definition) is 1. The fraction of sp³-hybridized carbons (Fsp3) is 0.143. The standard InChI is InChI=1S/C21H18N4O4S/c1-24-18-17(19(26)25(21(24)28)12-14-5-3-2-4-6-14)30-16(11-23-18)20(27)29-13-15-7-9-22-10-8-15/h2-11,23H,12-13H2,1H3. The molecule has 4 rings (SSSR count). The van der Waals surface area contributed by atoms with Crippen molar-refractivity contribution in [2.45, 2.75) is 18.0 Å². The van der Waals surface area contributed by atoms with Crippen LogP contribution in [0.1, 0.15) is 11.1 Å². The number of benzene rings is 1. The minimum absolute atomic E-state index is 0.0949. The maximum atomic E-state index is 13.0. The summed E-state index contributed by atoms with van der Waals surface area (Å²) in [5.74, 6) is -0.206. The molecule has 3 aromatic rings. The van der Waals surface area contributed by atoms with E-state index in [9.17, 15) is 14.4 Å². The van der Waals surface area contributed by atoms with Gasteiger partial charge in [-0.25, -0.2) is 9.59 Å². The molecule has 1 aliphatic heterocycles. The molecule has 0 spiro atoms. The van der Waals surface area contributed by atoms with Gasteiger partial charge in [0.2, 0.25) is 0 Å². The molecule has 3 heterocycles. The van der Waals surface area contributed by atoms with Gasteiger partial charge in [-0.1, -0.05) is 42.1 Å². The van der Waals surface area contributed by atoms with Gasteiger partial charge in [-0.2, -0.15) is 0 Å². The van der Waals surface area contributed by atoms with Crippen molar-refractivity contribution in [3.63, 3.8) is 0 Å². The van der Waals surface area contributed by atoms with Crippen LogP contribution in [-0.2, 0) is 29.7 Å². The predicted octanol–water partition coefficient (Wildman–Crippen LogP) is 2.09. The number of thioether (sulfide) groups is 1. The van der Waals surface area contributed by atoms with Crippen LogP contribution in [0.2, 0.25) is 0 Å². The lowest BCUT2D eigenvalue weighted by Gasteiger charge is -2.20. The van der Waals surface area contributed by atoms with Crippen molar-refractivity contribution in [3.8, 4) is 0 Å². The Balaban J connectivity index is 1.59. The Kier molecular flexibility index (Phi) is 5.53. The van der Waals surface area contributed by atoms with Gasteiger partial charge in [-0.3, -0.25) is 18.9 Å². The Morgan fingerprint density at radius 1 is 1.10 bits per heavy atom. The highest BCUT2D eigenvalue weighted by atomic mass is 32.2. The maximum absolute atomic E-state index is 13.0. The number of nitrogens with zero attached hydrogens (tertiary/aromatic N) is 3. The van der Waals surface area contributed by atoms with Crippen molar-refractivity contribution in [1.82, 2.24) is 14.1 Å². The second-order valence-corrected chi connectivity index (χ2v) is 7.63. The van der Waals surface area contributed by atoms with E-state index in [2.05, 4.69) is 10.3 Å². The van der Waals surface area contributed by atoms with Crippen LogP contribution in [0.15, 0.2) is 80.4 Å². The van der Waals surface area contributed by atoms with E-state index in [4.69, 9.17) is 4.74 Å². The number of fused-ring (bicyclic) bond motifs is 1. The summed E-state index contributed by atoms with van der Waals surface area (Å²) in [4.78, 5) is 42.6. The molecule has 1 aliphatic rings. The second kappa shape index (κ2) is 8.42. The largest absolute Gasteiger partial charge is 0.457 e. The number of carbonyl (C=O) groups excluding carboxylic acids is 1. The lowest BCUT2D eigenvalue weighted by molar-refractivity contribution is -0.139. The summed E-state index contributed by atoms with van der Waals surface area (Å²) in [6.07, 6.45) is 4.68. The molecular weight excluding hydrogens is 404 g/mol. The minimum Gasteiger partial charge on any atom is -0.457 e. The SMILES string of the molecule is Cn1c2c(c(=O)n(Cc3ccccc3)c1=O)SC(C(=O)OCc1ccncc1)=CN2. The third-order valence-electron chi connectivity index (χ3n) is 4.56.